The highest BCUT2D eigenvalue weighted by Gasteiger charge is 2.20. The van der Waals surface area contributed by atoms with E-state index in [-0.39, 0.29) is 5.78 Å². The van der Waals surface area contributed by atoms with Gasteiger partial charge in [-0.3, -0.25) is 4.79 Å². The molecule has 92 valence electrons. The summed E-state index contributed by atoms with van der Waals surface area (Å²) >= 11 is 1.62. The molecule has 0 atom stereocenters. The number of anilines is 3. The van der Waals surface area contributed by atoms with Gasteiger partial charge in [-0.25, -0.2) is 9.97 Å². The molecule has 1 fully saturated rings. The lowest BCUT2D eigenvalue weighted by Crippen LogP contribution is -2.20. The molecule has 0 radical (unpaired) electrons. The van der Waals surface area contributed by atoms with Crippen molar-refractivity contribution in [2.24, 2.45) is 0 Å². The van der Waals surface area contributed by atoms with Gasteiger partial charge >= 0.3 is 0 Å². The number of hydrogen-bond donors (Lipinski definition) is 1. The second-order valence-electron chi connectivity index (χ2n) is 4.07. The molecular weight excluding hydrogens is 248 g/mol. The summed E-state index contributed by atoms with van der Waals surface area (Å²) in [6, 6.07) is 5.85. The number of aromatic nitrogens is 2. The summed E-state index contributed by atoms with van der Waals surface area (Å²) in [5.41, 5.74) is 0. The minimum Gasteiger partial charge on any atom is -0.349 e. The van der Waals surface area contributed by atoms with Gasteiger partial charge in [0.05, 0.1) is 11.5 Å². The normalized spacial score (nSPS) is 15.1. The van der Waals surface area contributed by atoms with E-state index in [2.05, 4.69) is 15.3 Å². The molecular formula is C12H12N4OS. The highest BCUT2D eigenvalue weighted by Crippen LogP contribution is 2.23. The summed E-state index contributed by atoms with van der Waals surface area (Å²) in [4.78, 5) is 21.6. The lowest BCUT2D eigenvalue weighted by molar-refractivity contribution is -0.116. The van der Waals surface area contributed by atoms with Crippen molar-refractivity contribution in [1.82, 2.24) is 9.97 Å². The van der Waals surface area contributed by atoms with Crippen LogP contribution in [0.3, 0.4) is 0 Å². The third kappa shape index (κ3) is 2.33. The number of carbonyl (C=O) groups excluding carboxylic acids is 1. The number of nitrogens with one attached hydrogen (secondary N) is 1. The number of ketones is 1. The van der Waals surface area contributed by atoms with E-state index in [0.29, 0.717) is 13.0 Å². The van der Waals surface area contributed by atoms with Crippen LogP contribution in [0.25, 0.3) is 0 Å². The van der Waals surface area contributed by atoms with Gasteiger partial charge in [-0.15, -0.1) is 11.3 Å². The Balaban J connectivity index is 1.78. The molecule has 1 N–H and O–H groups in total. The number of thiophene rings is 1. The maximum atomic E-state index is 11.3. The Morgan fingerprint density at radius 1 is 1.39 bits per heavy atom. The average molecular weight is 260 g/mol. The second kappa shape index (κ2) is 4.73. The minimum absolute atomic E-state index is 0.265. The van der Waals surface area contributed by atoms with Crippen molar-refractivity contribution in [3.8, 4) is 0 Å². The Labute approximate surface area is 108 Å². The largest absolute Gasteiger partial charge is 0.349 e. The van der Waals surface area contributed by atoms with Crippen LogP contribution in [0.4, 0.5) is 16.6 Å². The quantitative estimate of drug-likeness (QED) is 0.915. The summed E-state index contributed by atoms with van der Waals surface area (Å²) < 4.78 is 0. The van der Waals surface area contributed by atoms with Gasteiger partial charge in [-0.2, -0.15) is 0 Å². The lowest BCUT2D eigenvalue weighted by atomic mass is 10.4. The van der Waals surface area contributed by atoms with Crippen LogP contribution in [-0.4, -0.2) is 28.8 Å². The van der Waals surface area contributed by atoms with Crippen molar-refractivity contribution in [2.75, 3.05) is 23.3 Å². The molecule has 1 aliphatic rings. The summed E-state index contributed by atoms with van der Waals surface area (Å²) in [5.74, 6) is 1.82. The predicted molar refractivity (Wildman–Crippen MR) is 71.5 cm³/mol. The van der Waals surface area contributed by atoms with E-state index in [0.717, 1.165) is 23.2 Å². The first-order valence-electron chi connectivity index (χ1n) is 5.70. The van der Waals surface area contributed by atoms with Crippen LogP contribution in [0.1, 0.15) is 6.42 Å². The summed E-state index contributed by atoms with van der Waals surface area (Å²) in [7, 11) is 0. The zero-order valence-electron chi connectivity index (χ0n) is 9.67. The standard InChI is InChI=1S/C12H12N4OS/c17-9-3-4-16(7-9)11-6-10(13-8-14-11)15-12-2-1-5-18-12/h1-2,5-6,8H,3-4,7H2,(H,13,14,15). The van der Waals surface area contributed by atoms with Crippen LogP contribution in [0, 0.1) is 0 Å². The Kier molecular flexibility index (Phi) is 2.93. The molecule has 0 unspecified atom stereocenters. The predicted octanol–water partition coefficient (Wildman–Crippen LogP) is 2.06. The van der Waals surface area contributed by atoms with Crippen LogP contribution >= 0.6 is 11.3 Å². The van der Waals surface area contributed by atoms with E-state index in [1.807, 2.05) is 28.5 Å². The molecule has 1 saturated heterocycles. The van der Waals surface area contributed by atoms with Crippen LogP contribution < -0.4 is 10.2 Å². The molecule has 0 spiro atoms. The molecule has 0 bridgehead atoms. The Morgan fingerprint density at radius 2 is 2.33 bits per heavy atom. The number of nitrogens with zero attached hydrogens (tertiary/aromatic N) is 3. The molecule has 3 rings (SSSR count). The number of rotatable bonds is 3. The van der Waals surface area contributed by atoms with E-state index in [1.165, 1.54) is 6.33 Å². The Bertz CT molecular complexity index is 555. The van der Waals surface area contributed by atoms with Crippen LogP contribution in [0.5, 0.6) is 0 Å². The van der Waals surface area contributed by atoms with Gasteiger partial charge in [-0.05, 0) is 17.5 Å². The van der Waals surface area contributed by atoms with E-state index in [9.17, 15) is 4.79 Å². The first kappa shape index (κ1) is 11.2. The van der Waals surface area contributed by atoms with E-state index >= 15 is 0 Å². The van der Waals surface area contributed by atoms with E-state index < -0.39 is 0 Å². The summed E-state index contributed by atoms with van der Waals surface area (Å²) in [6.45, 7) is 1.20. The second-order valence-corrected chi connectivity index (χ2v) is 5.02. The van der Waals surface area contributed by atoms with Crippen molar-refractivity contribution >= 4 is 33.8 Å². The monoisotopic (exact) mass is 260 g/mol. The Hall–Kier alpha value is -1.95. The van der Waals surface area contributed by atoms with Crippen LogP contribution in [0.2, 0.25) is 0 Å². The highest BCUT2D eigenvalue weighted by molar-refractivity contribution is 7.14. The lowest BCUT2D eigenvalue weighted by Gasteiger charge is -2.15. The topological polar surface area (TPSA) is 58.1 Å². The maximum absolute atomic E-state index is 11.3. The molecule has 0 saturated carbocycles. The van der Waals surface area contributed by atoms with Crippen molar-refractivity contribution < 1.29 is 4.79 Å². The molecule has 1 aliphatic heterocycles. The van der Waals surface area contributed by atoms with Gasteiger partial charge in [0.25, 0.3) is 0 Å². The maximum Gasteiger partial charge on any atom is 0.153 e. The number of hydrogen-bond acceptors (Lipinski definition) is 6. The van der Waals surface area contributed by atoms with Gasteiger partial charge in [0.1, 0.15) is 18.0 Å². The van der Waals surface area contributed by atoms with Gasteiger partial charge in [0, 0.05) is 19.0 Å². The smallest absolute Gasteiger partial charge is 0.153 e. The zero-order chi connectivity index (χ0) is 12.4. The van der Waals surface area contributed by atoms with Gasteiger partial charge in [0.15, 0.2) is 5.78 Å². The minimum atomic E-state index is 0.265. The molecule has 0 aromatic carbocycles. The van der Waals surface area contributed by atoms with E-state index in [1.54, 1.807) is 11.3 Å². The molecule has 18 heavy (non-hydrogen) atoms. The van der Waals surface area contributed by atoms with Crippen molar-refractivity contribution in [3.63, 3.8) is 0 Å². The third-order valence-corrected chi connectivity index (χ3v) is 3.56. The molecule has 5 nitrogen and oxygen atoms in total. The molecule has 6 heteroatoms. The van der Waals surface area contributed by atoms with Gasteiger partial charge in [0.2, 0.25) is 0 Å². The highest BCUT2D eigenvalue weighted by atomic mass is 32.1. The van der Waals surface area contributed by atoms with Gasteiger partial charge in [-0.1, -0.05) is 0 Å². The molecule has 3 heterocycles. The molecule has 0 aliphatic carbocycles. The SMILES string of the molecule is O=C1CCN(c2cc(Nc3cccs3)ncn2)C1. The molecule has 0 amide bonds. The van der Waals surface area contributed by atoms with Crippen molar-refractivity contribution in [2.45, 2.75) is 6.42 Å². The number of Topliss-reactive ketones (excluding diaryl/α,β-unsaturated/α-hetero) is 1. The van der Waals surface area contributed by atoms with Crippen molar-refractivity contribution in [1.29, 1.82) is 0 Å². The number of carbonyl (C=O) groups is 1. The van der Waals surface area contributed by atoms with Crippen LogP contribution in [0.15, 0.2) is 29.9 Å². The fourth-order valence-corrected chi connectivity index (χ4v) is 2.51. The zero-order valence-corrected chi connectivity index (χ0v) is 10.5. The van der Waals surface area contributed by atoms with Crippen molar-refractivity contribution in [3.05, 3.63) is 29.9 Å². The fourth-order valence-electron chi connectivity index (χ4n) is 1.89. The fraction of sp³-hybridized carbons (Fsp3) is 0.250. The third-order valence-electron chi connectivity index (χ3n) is 2.78. The van der Waals surface area contributed by atoms with E-state index in [4.69, 9.17) is 0 Å². The molecule has 2 aromatic rings. The Morgan fingerprint density at radius 3 is 3.06 bits per heavy atom. The summed E-state index contributed by atoms with van der Waals surface area (Å²) in [5, 5.41) is 6.26. The first-order valence-corrected chi connectivity index (χ1v) is 6.58. The summed E-state index contributed by atoms with van der Waals surface area (Å²) in [6.07, 6.45) is 2.13. The van der Waals surface area contributed by atoms with Gasteiger partial charge < -0.3 is 10.2 Å². The molecule has 2 aromatic heterocycles. The average Bonchev–Trinajstić information content (AvgIpc) is 3.01. The first-order chi connectivity index (χ1) is 8.81. The van der Waals surface area contributed by atoms with Crippen LogP contribution in [-0.2, 0) is 4.79 Å².